The molecule has 1 aromatic heterocycles. The second kappa shape index (κ2) is 5.18. The molecule has 1 fully saturated rings. The van der Waals surface area contributed by atoms with Crippen molar-refractivity contribution in [1.82, 2.24) is 9.88 Å². The molecule has 0 unspecified atom stereocenters. The van der Waals surface area contributed by atoms with Gasteiger partial charge in [-0.1, -0.05) is 17.8 Å². The molecule has 0 aromatic carbocycles. The first-order valence-corrected chi connectivity index (χ1v) is 6.36. The highest BCUT2D eigenvalue weighted by molar-refractivity contribution is 8.14. The van der Waals surface area contributed by atoms with Crippen LogP contribution in [0.25, 0.3) is 0 Å². The Kier molecular flexibility index (Phi) is 3.63. The maximum atomic E-state index is 11.4. The molecular weight excluding hydrogens is 238 g/mol. The molecule has 0 aliphatic carbocycles. The van der Waals surface area contributed by atoms with Gasteiger partial charge in [-0.2, -0.15) is 0 Å². The van der Waals surface area contributed by atoms with Crippen LogP contribution >= 0.6 is 11.8 Å². The van der Waals surface area contributed by atoms with Crippen LogP contribution in [0.2, 0.25) is 0 Å². The number of carbonyl (C=O) groups is 2. The van der Waals surface area contributed by atoms with Crippen molar-refractivity contribution in [1.29, 1.82) is 0 Å². The van der Waals surface area contributed by atoms with Gasteiger partial charge in [0.15, 0.2) is 0 Å². The average molecular weight is 251 g/mol. The normalized spacial score (nSPS) is 15.5. The van der Waals surface area contributed by atoms with Gasteiger partial charge in [-0.25, -0.2) is 4.98 Å². The Labute approximate surface area is 104 Å². The number of hydrogen-bond donors (Lipinski definition) is 1. The molecule has 2 amide bonds. The maximum absolute atomic E-state index is 11.4. The molecule has 6 heteroatoms. The van der Waals surface area contributed by atoms with E-state index in [-0.39, 0.29) is 23.4 Å². The lowest BCUT2D eigenvalue weighted by molar-refractivity contribution is -0.125. The minimum absolute atomic E-state index is 0.143. The van der Waals surface area contributed by atoms with Gasteiger partial charge in [0, 0.05) is 6.54 Å². The van der Waals surface area contributed by atoms with Crippen LogP contribution in [-0.2, 0) is 11.3 Å². The summed E-state index contributed by atoms with van der Waals surface area (Å²) in [6.07, 6.45) is 0. The van der Waals surface area contributed by atoms with Gasteiger partial charge in [0.1, 0.15) is 5.82 Å². The number of rotatable bonds is 4. The lowest BCUT2D eigenvalue weighted by atomic mass is 10.3. The predicted octanol–water partition coefficient (Wildman–Crippen LogP) is 1.71. The average Bonchev–Trinajstić information content (AvgIpc) is 2.62. The summed E-state index contributed by atoms with van der Waals surface area (Å²) in [6.45, 7) is 3.02. The lowest BCUT2D eigenvalue weighted by Gasteiger charge is -2.12. The van der Waals surface area contributed by atoms with Crippen molar-refractivity contribution in [3.8, 4) is 0 Å². The Balaban J connectivity index is 2.10. The molecule has 1 aliphatic rings. The summed E-state index contributed by atoms with van der Waals surface area (Å²) in [6, 6.07) is 5.53. The standard InChI is InChI=1S/C11H13N3O2S/c1-2-12-9-5-3-4-8(13-9)6-14-10(15)7-17-11(14)16/h3-5H,2,6-7H2,1H3,(H,12,13). The van der Waals surface area contributed by atoms with Crippen molar-refractivity contribution in [3.05, 3.63) is 23.9 Å². The van der Waals surface area contributed by atoms with E-state index in [0.29, 0.717) is 5.69 Å². The molecule has 17 heavy (non-hydrogen) atoms. The zero-order chi connectivity index (χ0) is 12.3. The first-order valence-electron chi connectivity index (χ1n) is 5.37. The van der Waals surface area contributed by atoms with Gasteiger partial charge in [0.25, 0.3) is 5.24 Å². The summed E-state index contributed by atoms with van der Waals surface area (Å²) >= 11 is 1.04. The Morgan fingerprint density at radius 1 is 1.47 bits per heavy atom. The van der Waals surface area contributed by atoms with Gasteiger partial charge in [-0.3, -0.25) is 14.5 Å². The monoisotopic (exact) mass is 251 g/mol. The molecule has 1 aromatic rings. The number of anilines is 1. The van der Waals surface area contributed by atoms with E-state index in [1.165, 1.54) is 4.90 Å². The molecule has 1 aliphatic heterocycles. The molecule has 2 rings (SSSR count). The number of thioether (sulfide) groups is 1. The fraction of sp³-hybridized carbons (Fsp3) is 0.364. The van der Waals surface area contributed by atoms with E-state index in [1.807, 2.05) is 25.1 Å². The summed E-state index contributed by atoms with van der Waals surface area (Å²) in [5.74, 6) is 0.860. The fourth-order valence-electron chi connectivity index (χ4n) is 1.54. The molecule has 5 nitrogen and oxygen atoms in total. The fourth-order valence-corrected chi connectivity index (χ4v) is 2.27. The molecule has 1 saturated heterocycles. The second-order valence-electron chi connectivity index (χ2n) is 3.58. The number of nitrogens with one attached hydrogen (secondary N) is 1. The summed E-state index contributed by atoms with van der Waals surface area (Å²) in [5, 5.41) is 2.90. The van der Waals surface area contributed by atoms with E-state index in [2.05, 4.69) is 10.3 Å². The third-order valence-corrected chi connectivity index (χ3v) is 3.18. The number of carbonyl (C=O) groups excluding carboxylic acids is 2. The zero-order valence-corrected chi connectivity index (χ0v) is 10.3. The predicted molar refractivity (Wildman–Crippen MR) is 66.8 cm³/mol. The molecule has 0 saturated carbocycles. The minimum atomic E-state index is -0.189. The van der Waals surface area contributed by atoms with Crippen molar-refractivity contribution in [3.63, 3.8) is 0 Å². The molecular formula is C11H13N3O2S. The first kappa shape index (κ1) is 11.9. The van der Waals surface area contributed by atoms with Gasteiger partial charge >= 0.3 is 0 Å². The van der Waals surface area contributed by atoms with Crippen LogP contribution in [0, 0.1) is 0 Å². The SMILES string of the molecule is CCNc1cccc(CN2C(=O)CSC2=O)n1. The van der Waals surface area contributed by atoms with Gasteiger partial charge < -0.3 is 5.32 Å². The van der Waals surface area contributed by atoms with Crippen molar-refractivity contribution >= 4 is 28.7 Å². The Hall–Kier alpha value is -1.56. The van der Waals surface area contributed by atoms with Crippen molar-refractivity contribution in [2.45, 2.75) is 13.5 Å². The topological polar surface area (TPSA) is 62.3 Å². The van der Waals surface area contributed by atoms with Crippen LogP contribution in [0.4, 0.5) is 10.6 Å². The van der Waals surface area contributed by atoms with E-state index in [1.54, 1.807) is 0 Å². The number of imide groups is 1. The Morgan fingerprint density at radius 3 is 2.94 bits per heavy atom. The van der Waals surface area contributed by atoms with Crippen LogP contribution in [0.1, 0.15) is 12.6 Å². The minimum Gasteiger partial charge on any atom is -0.370 e. The van der Waals surface area contributed by atoms with Gasteiger partial charge in [0.2, 0.25) is 5.91 Å². The Bertz CT molecular complexity index is 434. The van der Waals surface area contributed by atoms with E-state index in [4.69, 9.17) is 0 Å². The summed E-state index contributed by atoms with van der Waals surface area (Å²) in [5.41, 5.74) is 0.715. The van der Waals surface area contributed by atoms with E-state index in [0.717, 1.165) is 24.1 Å². The van der Waals surface area contributed by atoms with E-state index < -0.39 is 0 Å². The van der Waals surface area contributed by atoms with E-state index in [9.17, 15) is 9.59 Å². The zero-order valence-electron chi connectivity index (χ0n) is 9.47. The summed E-state index contributed by atoms with van der Waals surface area (Å²) < 4.78 is 0. The first-order chi connectivity index (χ1) is 8.20. The van der Waals surface area contributed by atoms with Crippen LogP contribution in [0.5, 0.6) is 0 Å². The highest BCUT2D eigenvalue weighted by atomic mass is 32.2. The van der Waals surface area contributed by atoms with Gasteiger partial charge in [0.05, 0.1) is 18.0 Å². The van der Waals surface area contributed by atoms with Crippen LogP contribution in [-0.4, -0.2) is 33.3 Å². The molecule has 0 radical (unpaired) electrons. The number of aromatic nitrogens is 1. The van der Waals surface area contributed by atoms with Gasteiger partial charge in [-0.15, -0.1) is 0 Å². The number of hydrogen-bond acceptors (Lipinski definition) is 5. The van der Waals surface area contributed by atoms with Crippen molar-refractivity contribution in [2.75, 3.05) is 17.6 Å². The molecule has 0 bridgehead atoms. The largest absolute Gasteiger partial charge is 0.370 e. The molecule has 90 valence electrons. The summed E-state index contributed by atoms with van der Waals surface area (Å²) in [7, 11) is 0. The molecule has 0 spiro atoms. The molecule has 2 heterocycles. The van der Waals surface area contributed by atoms with Crippen LogP contribution in [0.15, 0.2) is 18.2 Å². The summed E-state index contributed by atoms with van der Waals surface area (Å²) in [4.78, 5) is 28.4. The van der Waals surface area contributed by atoms with Crippen molar-refractivity contribution in [2.24, 2.45) is 0 Å². The lowest BCUT2D eigenvalue weighted by Crippen LogP contribution is -2.28. The Morgan fingerprint density at radius 2 is 2.29 bits per heavy atom. The van der Waals surface area contributed by atoms with Crippen molar-refractivity contribution < 1.29 is 9.59 Å². The number of pyridine rings is 1. The van der Waals surface area contributed by atoms with Gasteiger partial charge in [-0.05, 0) is 19.1 Å². The molecule has 0 atom stereocenters. The highest BCUT2D eigenvalue weighted by Gasteiger charge is 2.29. The van der Waals surface area contributed by atoms with E-state index >= 15 is 0 Å². The molecule has 1 N–H and O–H groups in total. The third kappa shape index (κ3) is 2.76. The van der Waals surface area contributed by atoms with Crippen LogP contribution < -0.4 is 5.32 Å². The van der Waals surface area contributed by atoms with Crippen LogP contribution in [0.3, 0.4) is 0 Å². The second-order valence-corrected chi connectivity index (χ2v) is 4.51. The maximum Gasteiger partial charge on any atom is 0.289 e. The quantitative estimate of drug-likeness (QED) is 0.882. The smallest absolute Gasteiger partial charge is 0.289 e. The third-order valence-electron chi connectivity index (χ3n) is 2.33. The highest BCUT2D eigenvalue weighted by Crippen LogP contribution is 2.20. The number of amides is 2. The number of nitrogens with zero attached hydrogens (tertiary/aromatic N) is 2.